The Balaban J connectivity index is 2.30. The number of hydrogen-bond donors (Lipinski definition) is 1. The van der Waals surface area contributed by atoms with E-state index in [-0.39, 0.29) is 11.3 Å². The van der Waals surface area contributed by atoms with Gasteiger partial charge >= 0.3 is 0 Å². The Morgan fingerprint density at radius 1 is 0.923 bits per heavy atom. The van der Waals surface area contributed by atoms with Gasteiger partial charge in [-0.15, -0.1) is 0 Å². The minimum atomic E-state index is -1.62. The highest BCUT2D eigenvalue weighted by atomic mass is 79.9. The largest absolute Gasteiger partial charge is 0.399 e. The van der Waals surface area contributed by atoms with Crippen molar-refractivity contribution in [1.29, 1.82) is 15.8 Å². The maximum absolute atomic E-state index is 9.82. The average molecular weight is 401 g/mol. The molecule has 1 unspecified atom stereocenters. The quantitative estimate of drug-likeness (QED) is 0.807. The highest BCUT2D eigenvalue weighted by Crippen LogP contribution is 2.48. The molecule has 4 nitrogen and oxygen atoms in total. The van der Waals surface area contributed by atoms with Crippen LogP contribution in [0.15, 0.2) is 76.4 Å². The van der Waals surface area contributed by atoms with E-state index in [9.17, 15) is 15.8 Å². The second-order valence-corrected chi connectivity index (χ2v) is 6.82. The zero-order valence-electron chi connectivity index (χ0n) is 13.6. The third-order valence-corrected chi connectivity index (χ3v) is 5.07. The summed E-state index contributed by atoms with van der Waals surface area (Å²) in [7, 11) is 0. The van der Waals surface area contributed by atoms with Gasteiger partial charge in [-0.2, -0.15) is 15.8 Å². The number of nitrogens with zero attached hydrogens (tertiary/aromatic N) is 3. The second-order valence-electron chi connectivity index (χ2n) is 5.91. The fourth-order valence-corrected chi connectivity index (χ4v) is 3.43. The van der Waals surface area contributed by atoms with E-state index in [1.54, 1.807) is 6.08 Å². The van der Waals surface area contributed by atoms with Crippen LogP contribution in [0.5, 0.6) is 0 Å². The fraction of sp³-hybridized carbons (Fsp3) is 0.0952. The monoisotopic (exact) mass is 400 g/mol. The molecule has 0 radical (unpaired) electrons. The van der Waals surface area contributed by atoms with Gasteiger partial charge in [0.05, 0.1) is 23.4 Å². The van der Waals surface area contributed by atoms with Crippen molar-refractivity contribution in [3.05, 3.63) is 87.5 Å². The van der Waals surface area contributed by atoms with Crippen molar-refractivity contribution in [2.24, 2.45) is 11.1 Å². The maximum atomic E-state index is 9.82. The topological polar surface area (TPSA) is 97.4 Å². The number of benzene rings is 2. The van der Waals surface area contributed by atoms with Gasteiger partial charge in [0.25, 0.3) is 0 Å². The van der Waals surface area contributed by atoms with E-state index >= 15 is 0 Å². The molecule has 0 spiro atoms. The van der Waals surface area contributed by atoms with E-state index in [4.69, 9.17) is 5.73 Å². The molecule has 2 aromatic carbocycles. The van der Waals surface area contributed by atoms with Crippen molar-refractivity contribution in [2.45, 2.75) is 5.92 Å². The predicted octanol–water partition coefficient (Wildman–Crippen LogP) is 4.40. The molecule has 0 fully saturated rings. The van der Waals surface area contributed by atoms with Crippen LogP contribution in [-0.2, 0) is 0 Å². The lowest BCUT2D eigenvalue weighted by atomic mass is 9.66. The van der Waals surface area contributed by atoms with E-state index in [2.05, 4.69) is 34.1 Å². The summed E-state index contributed by atoms with van der Waals surface area (Å²) in [5, 5.41) is 29.3. The van der Waals surface area contributed by atoms with Gasteiger partial charge in [0, 0.05) is 10.4 Å². The van der Waals surface area contributed by atoms with Gasteiger partial charge in [-0.3, -0.25) is 0 Å². The Hall–Kier alpha value is -3.33. The normalized spacial score (nSPS) is 18.2. The molecule has 3 rings (SSSR count). The molecule has 2 aromatic rings. The minimum Gasteiger partial charge on any atom is -0.399 e. The van der Waals surface area contributed by atoms with Gasteiger partial charge < -0.3 is 5.73 Å². The lowest BCUT2D eigenvalue weighted by Crippen LogP contribution is -2.35. The van der Waals surface area contributed by atoms with Gasteiger partial charge in [-0.25, -0.2) is 0 Å². The van der Waals surface area contributed by atoms with Gasteiger partial charge in [-0.1, -0.05) is 64.5 Å². The third kappa shape index (κ3) is 2.68. The lowest BCUT2D eigenvalue weighted by Gasteiger charge is -2.33. The first-order valence-corrected chi connectivity index (χ1v) is 8.62. The SMILES string of the molecule is N#CC1=C(N)C(C#N)(C#N)C(c2ccccc2)C=C1c1ccc(Br)cc1. The molecule has 26 heavy (non-hydrogen) atoms. The smallest absolute Gasteiger partial charge is 0.194 e. The Morgan fingerprint density at radius 3 is 2.08 bits per heavy atom. The molecular formula is C21H13BrN4. The highest BCUT2D eigenvalue weighted by Gasteiger charge is 2.47. The van der Waals surface area contributed by atoms with Gasteiger partial charge in [0.1, 0.15) is 6.07 Å². The molecule has 2 N–H and O–H groups in total. The molecule has 0 saturated heterocycles. The van der Waals surface area contributed by atoms with Crippen LogP contribution in [0.3, 0.4) is 0 Å². The summed E-state index contributed by atoms with van der Waals surface area (Å²) in [6.07, 6.45) is 1.81. The number of rotatable bonds is 2. The number of hydrogen-bond acceptors (Lipinski definition) is 4. The molecule has 0 bridgehead atoms. The molecule has 1 atom stereocenters. The van der Waals surface area contributed by atoms with E-state index in [0.29, 0.717) is 5.57 Å². The van der Waals surface area contributed by atoms with Crippen LogP contribution in [0.1, 0.15) is 17.0 Å². The van der Waals surface area contributed by atoms with E-state index in [1.807, 2.05) is 54.6 Å². The number of nitriles is 3. The van der Waals surface area contributed by atoms with Crippen LogP contribution in [-0.4, -0.2) is 0 Å². The molecule has 0 saturated carbocycles. The Bertz CT molecular complexity index is 1010. The number of allylic oxidation sites excluding steroid dienone is 4. The van der Waals surface area contributed by atoms with Crippen molar-refractivity contribution in [3.63, 3.8) is 0 Å². The fourth-order valence-electron chi connectivity index (χ4n) is 3.17. The first-order valence-electron chi connectivity index (χ1n) is 7.83. The zero-order chi connectivity index (χ0) is 18.7. The Kier molecular flexibility index (Phi) is 4.63. The molecule has 0 amide bonds. The summed E-state index contributed by atoms with van der Waals surface area (Å²) in [4.78, 5) is 0. The number of nitrogens with two attached hydrogens (primary N) is 1. The van der Waals surface area contributed by atoms with Gasteiger partial charge in [0.15, 0.2) is 5.41 Å². The van der Waals surface area contributed by atoms with Crippen molar-refractivity contribution in [3.8, 4) is 18.2 Å². The zero-order valence-corrected chi connectivity index (χ0v) is 15.2. The highest BCUT2D eigenvalue weighted by molar-refractivity contribution is 9.10. The molecular weight excluding hydrogens is 388 g/mol. The van der Waals surface area contributed by atoms with Crippen molar-refractivity contribution in [1.82, 2.24) is 0 Å². The lowest BCUT2D eigenvalue weighted by molar-refractivity contribution is 0.534. The third-order valence-electron chi connectivity index (χ3n) is 4.54. The summed E-state index contributed by atoms with van der Waals surface area (Å²) in [6.45, 7) is 0. The second kappa shape index (κ2) is 6.89. The first-order chi connectivity index (χ1) is 12.6. The van der Waals surface area contributed by atoms with Gasteiger partial charge in [0.2, 0.25) is 0 Å². The molecule has 5 heteroatoms. The minimum absolute atomic E-state index is 0.000674. The molecule has 0 aliphatic heterocycles. The Labute approximate surface area is 160 Å². The Morgan fingerprint density at radius 2 is 1.54 bits per heavy atom. The molecule has 124 valence electrons. The summed E-state index contributed by atoms with van der Waals surface area (Å²) >= 11 is 3.40. The number of halogens is 1. The van der Waals surface area contributed by atoms with Crippen molar-refractivity contribution >= 4 is 21.5 Å². The van der Waals surface area contributed by atoms with E-state index in [1.165, 1.54) is 0 Å². The van der Waals surface area contributed by atoms with Crippen LogP contribution in [0.25, 0.3) is 5.57 Å². The maximum Gasteiger partial charge on any atom is 0.194 e. The standard InChI is InChI=1S/C21H13BrN4/c22-16-8-6-14(7-9-16)17-10-19(15-4-2-1-3-5-15)21(12-24,13-25)20(26)18(17)11-23/h1-10,19H,26H2. The molecule has 1 aliphatic carbocycles. The summed E-state index contributed by atoms with van der Waals surface area (Å²) in [5.74, 6) is -0.575. The average Bonchev–Trinajstić information content (AvgIpc) is 2.69. The van der Waals surface area contributed by atoms with Crippen LogP contribution in [0.4, 0.5) is 0 Å². The molecule has 0 heterocycles. The van der Waals surface area contributed by atoms with E-state index in [0.717, 1.165) is 15.6 Å². The summed E-state index contributed by atoms with van der Waals surface area (Å²) in [5.41, 5.74) is 7.02. The van der Waals surface area contributed by atoms with E-state index < -0.39 is 11.3 Å². The van der Waals surface area contributed by atoms with Gasteiger partial charge in [-0.05, 0) is 28.8 Å². The van der Waals surface area contributed by atoms with Crippen LogP contribution < -0.4 is 5.73 Å². The molecule has 0 aromatic heterocycles. The van der Waals surface area contributed by atoms with Crippen LogP contribution in [0.2, 0.25) is 0 Å². The van der Waals surface area contributed by atoms with Crippen molar-refractivity contribution < 1.29 is 0 Å². The first kappa shape index (κ1) is 17.5. The van der Waals surface area contributed by atoms with Crippen LogP contribution in [0, 0.1) is 39.4 Å². The molecule has 1 aliphatic rings. The van der Waals surface area contributed by atoms with Crippen LogP contribution >= 0.6 is 15.9 Å². The summed E-state index contributed by atoms with van der Waals surface area (Å²) in [6, 6.07) is 23.0. The summed E-state index contributed by atoms with van der Waals surface area (Å²) < 4.78 is 0.913. The predicted molar refractivity (Wildman–Crippen MR) is 102 cm³/mol. The van der Waals surface area contributed by atoms with Crippen molar-refractivity contribution in [2.75, 3.05) is 0 Å².